The molecule has 0 aromatic heterocycles. The summed E-state index contributed by atoms with van der Waals surface area (Å²) in [6, 6.07) is 0. The smallest absolute Gasteiger partial charge is 0.0357 e. The minimum Gasteiger partial charge on any atom is -0.382 e. The Morgan fingerprint density at radius 2 is 1.73 bits per heavy atom. The number of nitrogens with one attached hydrogen (secondary N) is 1. The zero-order valence-corrected chi connectivity index (χ0v) is 16.1. The SMILES string of the molecule is CC.CC.CC/C=C(\C)CC/C=C(\C)CNC1=CCCC=C1. The van der Waals surface area contributed by atoms with Crippen LogP contribution in [-0.2, 0) is 0 Å². The monoisotopic (exact) mass is 305 g/mol. The quantitative estimate of drug-likeness (QED) is 0.502. The lowest BCUT2D eigenvalue weighted by Crippen LogP contribution is -2.15. The van der Waals surface area contributed by atoms with Crippen LogP contribution in [-0.4, -0.2) is 6.54 Å². The van der Waals surface area contributed by atoms with Crippen LogP contribution in [0.1, 0.15) is 80.6 Å². The van der Waals surface area contributed by atoms with Crippen LogP contribution in [0.15, 0.2) is 47.2 Å². The summed E-state index contributed by atoms with van der Waals surface area (Å²) < 4.78 is 0. The summed E-state index contributed by atoms with van der Waals surface area (Å²) in [4.78, 5) is 0. The van der Waals surface area contributed by atoms with Crippen molar-refractivity contribution in [3.8, 4) is 0 Å². The van der Waals surface area contributed by atoms with Crippen molar-refractivity contribution in [2.45, 2.75) is 80.6 Å². The molecule has 0 bridgehead atoms. The van der Waals surface area contributed by atoms with Crippen molar-refractivity contribution in [1.29, 1.82) is 0 Å². The van der Waals surface area contributed by atoms with Gasteiger partial charge in [0.15, 0.2) is 0 Å². The molecule has 1 aliphatic carbocycles. The second-order valence-electron chi connectivity index (χ2n) is 5.04. The van der Waals surface area contributed by atoms with Gasteiger partial charge in [-0.1, -0.05) is 70.1 Å². The van der Waals surface area contributed by atoms with Gasteiger partial charge >= 0.3 is 0 Å². The van der Waals surface area contributed by atoms with Crippen LogP contribution < -0.4 is 5.32 Å². The highest BCUT2D eigenvalue weighted by atomic mass is 14.9. The largest absolute Gasteiger partial charge is 0.382 e. The normalized spacial score (nSPS) is 14.2. The molecule has 0 amide bonds. The van der Waals surface area contributed by atoms with E-state index in [1.54, 1.807) is 0 Å². The Balaban J connectivity index is 0. The summed E-state index contributed by atoms with van der Waals surface area (Å²) in [7, 11) is 0. The van der Waals surface area contributed by atoms with Gasteiger partial charge in [0.25, 0.3) is 0 Å². The van der Waals surface area contributed by atoms with E-state index in [1.807, 2.05) is 27.7 Å². The number of hydrogen-bond acceptors (Lipinski definition) is 1. The number of allylic oxidation sites excluding steroid dienone is 6. The lowest BCUT2D eigenvalue weighted by atomic mass is 10.1. The van der Waals surface area contributed by atoms with Crippen LogP contribution in [0.3, 0.4) is 0 Å². The molecule has 0 heterocycles. The van der Waals surface area contributed by atoms with E-state index in [4.69, 9.17) is 0 Å². The van der Waals surface area contributed by atoms with E-state index in [2.05, 4.69) is 56.5 Å². The Hall–Kier alpha value is -1.24. The molecule has 0 aromatic carbocycles. The number of rotatable bonds is 7. The lowest BCUT2D eigenvalue weighted by Gasteiger charge is -2.10. The summed E-state index contributed by atoms with van der Waals surface area (Å²) in [6.07, 6.45) is 17.2. The van der Waals surface area contributed by atoms with Gasteiger partial charge in [-0.15, -0.1) is 0 Å². The molecule has 0 radical (unpaired) electrons. The van der Waals surface area contributed by atoms with E-state index < -0.39 is 0 Å². The fourth-order valence-corrected chi connectivity index (χ4v) is 2.05. The first-order valence-corrected chi connectivity index (χ1v) is 9.14. The second-order valence-corrected chi connectivity index (χ2v) is 5.04. The van der Waals surface area contributed by atoms with E-state index in [0.717, 1.165) is 19.4 Å². The molecule has 1 heteroatoms. The lowest BCUT2D eigenvalue weighted by molar-refractivity contribution is 0.852. The minimum absolute atomic E-state index is 0.965. The zero-order chi connectivity index (χ0) is 17.2. The molecule has 1 aliphatic rings. The van der Waals surface area contributed by atoms with Crippen molar-refractivity contribution in [3.63, 3.8) is 0 Å². The van der Waals surface area contributed by atoms with Crippen LogP contribution >= 0.6 is 0 Å². The van der Waals surface area contributed by atoms with Crippen molar-refractivity contribution >= 4 is 0 Å². The number of hydrogen-bond donors (Lipinski definition) is 1. The first-order chi connectivity index (χ1) is 10.7. The van der Waals surface area contributed by atoms with Crippen molar-refractivity contribution in [1.82, 2.24) is 5.32 Å². The van der Waals surface area contributed by atoms with Gasteiger partial charge in [0.1, 0.15) is 0 Å². The Morgan fingerprint density at radius 3 is 2.27 bits per heavy atom. The Bertz CT molecular complexity index is 356. The van der Waals surface area contributed by atoms with Gasteiger partial charge in [-0.2, -0.15) is 0 Å². The van der Waals surface area contributed by atoms with Crippen molar-refractivity contribution in [2.24, 2.45) is 0 Å². The van der Waals surface area contributed by atoms with Gasteiger partial charge in [0.2, 0.25) is 0 Å². The van der Waals surface area contributed by atoms with E-state index >= 15 is 0 Å². The molecule has 0 fully saturated rings. The van der Waals surface area contributed by atoms with Gasteiger partial charge in [-0.05, 0) is 52.0 Å². The fourth-order valence-electron chi connectivity index (χ4n) is 2.05. The highest BCUT2D eigenvalue weighted by molar-refractivity contribution is 5.21. The molecule has 1 rings (SSSR count). The molecular weight excluding hydrogens is 266 g/mol. The first kappa shape index (κ1) is 23.0. The molecule has 1 N–H and O–H groups in total. The molecule has 0 aliphatic heterocycles. The van der Waals surface area contributed by atoms with Crippen LogP contribution in [0, 0.1) is 0 Å². The predicted octanol–water partition coefficient (Wildman–Crippen LogP) is 6.95. The highest BCUT2D eigenvalue weighted by Gasteiger charge is 1.96. The molecule has 0 saturated heterocycles. The van der Waals surface area contributed by atoms with Crippen molar-refractivity contribution < 1.29 is 0 Å². The van der Waals surface area contributed by atoms with Crippen molar-refractivity contribution in [2.75, 3.05) is 6.54 Å². The molecule has 0 unspecified atom stereocenters. The maximum Gasteiger partial charge on any atom is 0.0357 e. The predicted molar refractivity (Wildman–Crippen MR) is 104 cm³/mol. The molecule has 0 aromatic rings. The minimum atomic E-state index is 0.965. The maximum atomic E-state index is 3.48. The van der Waals surface area contributed by atoms with Crippen LogP contribution in [0.2, 0.25) is 0 Å². The molecular formula is C21H39N. The van der Waals surface area contributed by atoms with E-state index in [9.17, 15) is 0 Å². The van der Waals surface area contributed by atoms with Crippen LogP contribution in [0.4, 0.5) is 0 Å². The van der Waals surface area contributed by atoms with E-state index in [0.29, 0.717) is 0 Å². The molecule has 1 nitrogen and oxygen atoms in total. The van der Waals surface area contributed by atoms with Gasteiger partial charge in [-0.3, -0.25) is 0 Å². The zero-order valence-electron chi connectivity index (χ0n) is 16.1. The van der Waals surface area contributed by atoms with Crippen molar-refractivity contribution in [3.05, 3.63) is 47.2 Å². The Labute approximate surface area is 140 Å². The average molecular weight is 306 g/mol. The van der Waals surface area contributed by atoms with E-state index in [1.165, 1.54) is 36.1 Å². The summed E-state index contributed by atoms with van der Waals surface area (Å²) in [6.45, 7) is 15.6. The first-order valence-electron chi connectivity index (χ1n) is 9.14. The molecule has 0 atom stereocenters. The Kier molecular flexibility index (Phi) is 18.6. The molecule has 0 spiro atoms. The summed E-state index contributed by atoms with van der Waals surface area (Å²) in [5.41, 5.74) is 4.21. The maximum absolute atomic E-state index is 3.48. The summed E-state index contributed by atoms with van der Waals surface area (Å²) in [5.74, 6) is 0. The standard InChI is InChI=1S/C17H27N.2C2H6/c1-4-9-15(2)10-8-11-16(3)14-18-17-12-6-5-7-13-17;2*1-2/h6,9,11-13,18H,4-5,7-8,10,14H2,1-3H3;2*1-2H3/b15-9+,16-11+;;. The van der Waals surface area contributed by atoms with Gasteiger partial charge in [0.05, 0.1) is 0 Å². The Morgan fingerprint density at radius 1 is 1.05 bits per heavy atom. The van der Waals surface area contributed by atoms with Crippen LogP contribution in [0.5, 0.6) is 0 Å². The van der Waals surface area contributed by atoms with Gasteiger partial charge < -0.3 is 5.32 Å². The van der Waals surface area contributed by atoms with E-state index in [-0.39, 0.29) is 0 Å². The summed E-state index contributed by atoms with van der Waals surface area (Å²) >= 11 is 0. The third kappa shape index (κ3) is 13.7. The molecule has 22 heavy (non-hydrogen) atoms. The summed E-state index contributed by atoms with van der Waals surface area (Å²) in [5, 5.41) is 3.48. The third-order valence-corrected chi connectivity index (χ3v) is 3.15. The fraction of sp³-hybridized carbons (Fsp3) is 0.619. The average Bonchev–Trinajstić information content (AvgIpc) is 2.58. The highest BCUT2D eigenvalue weighted by Crippen LogP contribution is 2.09. The van der Waals surface area contributed by atoms with Gasteiger partial charge in [-0.25, -0.2) is 0 Å². The van der Waals surface area contributed by atoms with Crippen LogP contribution in [0.25, 0.3) is 0 Å². The second kappa shape index (κ2) is 17.8. The van der Waals surface area contributed by atoms with Gasteiger partial charge in [0, 0.05) is 12.2 Å². The third-order valence-electron chi connectivity index (χ3n) is 3.15. The topological polar surface area (TPSA) is 12.0 Å². The molecule has 0 saturated carbocycles. The molecule has 128 valence electrons.